The monoisotopic (exact) mass is 166 g/mol. The molecule has 68 valence electrons. The van der Waals surface area contributed by atoms with Crippen molar-refractivity contribution in [3.63, 3.8) is 0 Å². The van der Waals surface area contributed by atoms with Gasteiger partial charge in [0, 0.05) is 12.8 Å². The van der Waals surface area contributed by atoms with Gasteiger partial charge in [0.15, 0.2) is 0 Å². The molecule has 2 aliphatic rings. The average Bonchev–Trinajstić information content (AvgIpc) is 2.42. The van der Waals surface area contributed by atoms with Crippen LogP contribution in [0.5, 0.6) is 0 Å². The molecule has 1 nitrogen and oxygen atoms in total. The van der Waals surface area contributed by atoms with E-state index in [9.17, 15) is 4.79 Å². The molecule has 0 amide bonds. The van der Waals surface area contributed by atoms with E-state index in [2.05, 4.69) is 13.8 Å². The number of hydrogen-bond donors (Lipinski definition) is 0. The first kappa shape index (κ1) is 8.28. The van der Waals surface area contributed by atoms with Crippen molar-refractivity contribution in [2.75, 3.05) is 0 Å². The number of carbonyl (C=O) groups is 1. The minimum Gasteiger partial charge on any atom is -0.300 e. The van der Waals surface area contributed by atoms with Crippen molar-refractivity contribution < 1.29 is 4.79 Å². The molecule has 2 unspecified atom stereocenters. The van der Waals surface area contributed by atoms with Crippen molar-refractivity contribution in [2.24, 2.45) is 23.7 Å². The molecule has 0 aromatic carbocycles. The van der Waals surface area contributed by atoms with Crippen molar-refractivity contribution in [3.8, 4) is 0 Å². The lowest BCUT2D eigenvalue weighted by molar-refractivity contribution is -0.117. The zero-order valence-electron chi connectivity index (χ0n) is 8.05. The molecule has 0 bridgehead atoms. The third kappa shape index (κ3) is 1.30. The highest BCUT2D eigenvalue weighted by molar-refractivity contribution is 5.81. The molecular formula is C11H18O. The Morgan fingerprint density at radius 1 is 1.17 bits per heavy atom. The zero-order chi connectivity index (χ0) is 8.72. The van der Waals surface area contributed by atoms with Gasteiger partial charge in [-0.2, -0.15) is 0 Å². The first-order chi connectivity index (χ1) is 5.66. The number of hydrogen-bond acceptors (Lipinski definition) is 1. The van der Waals surface area contributed by atoms with Crippen LogP contribution in [-0.4, -0.2) is 5.78 Å². The van der Waals surface area contributed by atoms with Crippen LogP contribution in [0.4, 0.5) is 0 Å². The fourth-order valence-electron chi connectivity index (χ4n) is 2.97. The molecule has 1 heteroatoms. The van der Waals surface area contributed by atoms with Gasteiger partial charge in [-0.25, -0.2) is 0 Å². The lowest BCUT2D eigenvalue weighted by Gasteiger charge is -2.14. The van der Waals surface area contributed by atoms with Crippen molar-refractivity contribution in [1.29, 1.82) is 0 Å². The maximum absolute atomic E-state index is 11.1. The molecular weight excluding hydrogens is 148 g/mol. The summed E-state index contributed by atoms with van der Waals surface area (Å²) in [4.78, 5) is 11.1. The second kappa shape index (κ2) is 2.86. The van der Waals surface area contributed by atoms with Gasteiger partial charge in [0.2, 0.25) is 0 Å². The van der Waals surface area contributed by atoms with Gasteiger partial charge in [-0.15, -0.1) is 0 Å². The van der Waals surface area contributed by atoms with E-state index in [-0.39, 0.29) is 0 Å². The van der Waals surface area contributed by atoms with E-state index in [1.54, 1.807) is 0 Å². The van der Waals surface area contributed by atoms with Crippen LogP contribution in [0.1, 0.15) is 39.5 Å². The first-order valence-corrected chi connectivity index (χ1v) is 5.18. The predicted molar refractivity (Wildman–Crippen MR) is 48.8 cm³/mol. The number of Topliss-reactive ketones (excluding diaryl/α,β-unsaturated/α-hetero) is 1. The van der Waals surface area contributed by atoms with Crippen LogP contribution in [0.3, 0.4) is 0 Å². The van der Waals surface area contributed by atoms with E-state index in [0.717, 1.165) is 36.5 Å². The van der Waals surface area contributed by atoms with Crippen LogP contribution in [0, 0.1) is 23.7 Å². The maximum Gasteiger partial charge on any atom is 0.133 e. The van der Waals surface area contributed by atoms with Crippen molar-refractivity contribution in [2.45, 2.75) is 39.5 Å². The van der Waals surface area contributed by atoms with Gasteiger partial charge in [0.25, 0.3) is 0 Å². The van der Waals surface area contributed by atoms with Gasteiger partial charge in [-0.05, 0) is 36.5 Å². The van der Waals surface area contributed by atoms with Crippen molar-refractivity contribution in [3.05, 3.63) is 0 Å². The molecule has 12 heavy (non-hydrogen) atoms. The molecule has 0 heterocycles. The summed E-state index contributed by atoms with van der Waals surface area (Å²) in [6.45, 7) is 4.63. The standard InChI is InChI=1S/C11H18O/c1-7(2)8-3-9-5-11(12)6-10(9)4-8/h7-10H,3-6H2,1-2H3. The number of rotatable bonds is 1. The van der Waals surface area contributed by atoms with E-state index in [1.807, 2.05) is 0 Å². The highest BCUT2D eigenvalue weighted by atomic mass is 16.1. The lowest BCUT2D eigenvalue weighted by atomic mass is 9.92. The Labute approximate surface area is 74.5 Å². The molecule has 0 radical (unpaired) electrons. The molecule has 0 spiro atoms. The van der Waals surface area contributed by atoms with E-state index >= 15 is 0 Å². The second-order valence-electron chi connectivity index (χ2n) is 4.94. The first-order valence-electron chi connectivity index (χ1n) is 5.18. The smallest absolute Gasteiger partial charge is 0.133 e. The topological polar surface area (TPSA) is 17.1 Å². The fourth-order valence-corrected chi connectivity index (χ4v) is 2.97. The zero-order valence-corrected chi connectivity index (χ0v) is 8.05. The molecule has 2 saturated carbocycles. The summed E-state index contributed by atoms with van der Waals surface area (Å²) in [7, 11) is 0. The van der Waals surface area contributed by atoms with Gasteiger partial charge >= 0.3 is 0 Å². The summed E-state index contributed by atoms with van der Waals surface area (Å²) in [5.41, 5.74) is 0. The largest absolute Gasteiger partial charge is 0.300 e. The molecule has 2 rings (SSSR count). The molecule has 0 aromatic rings. The van der Waals surface area contributed by atoms with E-state index in [1.165, 1.54) is 12.8 Å². The van der Waals surface area contributed by atoms with Crippen LogP contribution in [0.2, 0.25) is 0 Å². The maximum atomic E-state index is 11.1. The number of carbonyl (C=O) groups excluding carboxylic acids is 1. The Hall–Kier alpha value is -0.330. The Kier molecular flexibility index (Phi) is 1.97. The third-order valence-corrected chi connectivity index (χ3v) is 3.80. The second-order valence-corrected chi connectivity index (χ2v) is 4.94. The predicted octanol–water partition coefficient (Wildman–Crippen LogP) is 2.65. The van der Waals surface area contributed by atoms with E-state index in [4.69, 9.17) is 0 Å². The van der Waals surface area contributed by atoms with Gasteiger partial charge in [-0.1, -0.05) is 13.8 Å². The molecule has 2 aliphatic carbocycles. The van der Waals surface area contributed by atoms with Gasteiger partial charge < -0.3 is 0 Å². The Morgan fingerprint density at radius 3 is 2.08 bits per heavy atom. The Bertz CT molecular complexity index is 179. The van der Waals surface area contributed by atoms with Gasteiger partial charge in [0.05, 0.1) is 0 Å². The van der Waals surface area contributed by atoms with Crippen LogP contribution < -0.4 is 0 Å². The molecule has 0 aliphatic heterocycles. The molecule has 2 atom stereocenters. The molecule has 0 N–H and O–H groups in total. The quantitative estimate of drug-likeness (QED) is 0.585. The number of ketones is 1. The molecule has 0 aromatic heterocycles. The minimum atomic E-state index is 0.521. The van der Waals surface area contributed by atoms with Crippen LogP contribution >= 0.6 is 0 Å². The molecule has 0 saturated heterocycles. The van der Waals surface area contributed by atoms with Crippen molar-refractivity contribution >= 4 is 5.78 Å². The normalized spacial score (nSPS) is 40.9. The highest BCUT2D eigenvalue weighted by Gasteiger charge is 2.41. The SMILES string of the molecule is CC(C)C1CC2CC(=O)CC2C1. The Morgan fingerprint density at radius 2 is 1.67 bits per heavy atom. The summed E-state index contributed by atoms with van der Waals surface area (Å²) in [5.74, 6) is 3.79. The molecule has 2 fully saturated rings. The third-order valence-electron chi connectivity index (χ3n) is 3.80. The summed E-state index contributed by atoms with van der Waals surface area (Å²) in [5, 5.41) is 0. The summed E-state index contributed by atoms with van der Waals surface area (Å²) >= 11 is 0. The summed E-state index contributed by atoms with van der Waals surface area (Å²) in [6.07, 6.45) is 4.45. The van der Waals surface area contributed by atoms with Crippen molar-refractivity contribution in [1.82, 2.24) is 0 Å². The summed E-state index contributed by atoms with van der Waals surface area (Å²) < 4.78 is 0. The highest BCUT2D eigenvalue weighted by Crippen LogP contribution is 2.47. The van der Waals surface area contributed by atoms with E-state index < -0.39 is 0 Å². The van der Waals surface area contributed by atoms with Crippen LogP contribution in [-0.2, 0) is 4.79 Å². The van der Waals surface area contributed by atoms with E-state index in [0.29, 0.717) is 5.78 Å². The van der Waals surface area contributed by atoms with Crippen LogP contribution in [0.15, 0.2) is 0 Å². The minimum absolute atomic E-state index is 0.521. The Balaban J connectivity index is 1.97. The average molecular weight is 166 g/mol. The summed E-state index contributed by atoms with van der Waals surface area (Å²) in [6, 6.07) is 0. The van der Waals surface area contributed by atoms with Crippen LogP contribution in [0.25, 0.3) is 0 Å². The van der Waals surface area contributed by atoms with Gasteiger partial charge in [-0.3, -0.25) is 4.79 Å². The van der Waals surface area contributed by atoms with Gasteiger partial charge in [0.1, 0.15) is 5.78 Å². The lowest BCUT2D eigenvalue weighted by Crippen LogP contribution is -2.06. The fraction of sp³-hybridized carbons (Fsp3) is 0.909. The number of fused-ring (bicyclic) bond motifs is 1.